The molecule has 3 heterocycles. The van der Waals surface area contributed by atoms with Gasteiger partial charge in [-0.25, -0.2) is 0 Å². The summed E-state index contributed by atoms with van der Waals surface area (Å²) in [5.41, 5.74) is 0.664. The summed E-state index contributed by atoms with van der Waals surface area (Å²) in [6, 6.07) is 3.28. The third-order valence-electron chi connectivity index (χ3n) is 4.62. The van der Waals surface area contributed by atoms with Gasteiger partial charge in [0.05, 0.1) is 6.54 Å². The van der Waals surface area contributed by atoms with Gasteiger partial charge in [0.2, 0.25) is 5.91 Å². The summed E-state index contributed by atoms with van der Waals surface area (Å²) >= 11 is 0. The second-order valence-corrected chi connectivity index (χ2v) is 5.74. The smallest absolute Gasteiger partial charge is 0.270 e. The van der Waals surface area contributed by atoms with Crippen LogP contribution in [0.2, 0.25) is 0 Å². The lowest BCUT2D eigenvalue weighted by Gasteiger charge is -2.39. The maximum absolute atomic E-state index is 12.7. The van der Waals surface area contributed by atoms with Gasteiger partial charge in [0, 0.05) is 39.4 Å². The van der Waals surface area contributed by atoms with Gasteiger partial charge in [-0.1, -0.05) is 6.92 Å². The first-order valence-electron chi connectivity index (χ1n) is 7.55. The molecule has 1 fully saturated rings. The molecular weight excluding hydrogens is 268 g/mol. The SMILES string of the molecule is CCN1CCN(C(=O)C2Cn3cccc3C(=O)N2C)CC1. The van der Waals surface area contributed by atoms with Gasteiger partial charge in [-0.05, 0) is 18.7 Å². The molecule has 21 heavy (non-hydrogen) atoms. The summed E-state index contributed by atoms with van der Waals surface area (Å²) < 4.78 is 1.88. The maximum Gasteiger partial charge on any atom is 0.270 e. The number of likely N-dealkylation sites (N-methyl/N-ethyl adjacent to an activating group) is 2. The minimum atomic E-state index is -0.384. The average Bonchev–Trinajstić information content (AvgIpc) is 2.99. The first-order valence-corrected chi connectivity index (χ1v) is 7.55. The van der Waals surface area contributed by atoms with Gasteiger partial charge in [0.25, 0.3) is 5.91 Å². The van der Waals surface area contributed by atoms with Crippen molar-refractivity contribution in [1.82, 2.24) is 19.3 Å². The van der Waals surface area contributed by atoms with Crippen molar-refractivity contribution in [3.8, 4) is 0 Å². The Labute approximate surface area is 124 Å². The highest BCUT2D eigenvalue weighted by Gasteiger charge is 2.36. The number of carbonyl (C=O) groups is 2. The standard InChI is InChI=1S/C15H22N4O2/c1-3-17-7-9-18(10-8-17)15(21)13-11-19-6-4-5-12(19)14(20)16(13)2/h4-6,13H,3,7-11H2,1-2H3. The van der Waals surface area contributed by atoms with Crippen LogP contribution in [0.15, 0.2) is 18.3 Å². The molecule has 0 aliphatic carbocycles. The predicted octanol–water partition coefficient (Wildman–Crippen LogP) is 0.106. The molecule has 2 amide bonds. The van der Waals surface area contributed by atoms with Gasteiger partial charge in [0.1, 0.15) is 11.7 Å². The quantitative estimate of drug-likeness (QED) is 0.776. The van der Waals surface area contributed by atoms with Crippen molar-refractivity contribution >= 4 is 11.8 Å². The van der Waals surface area contributed by atoms with Gasteiger partial charge < -0.3 is 19.3 Å². The molecule has 3 rings (SSSR count). The molecule has 114 valence electrons. The maximum atomic E-state index is 12.7. The molecule has 0 bridgehead atoms. The lowest BCUT2D eigenvalue weighted by atomic mass is 10.1. The Morgan fingerprint density at radius 2 is 2.00 bits per heavy atom. The summed E-state index contributed by atoms with van der Waals surface area (Å²) in [4.78, 5) is 30.9. The predicted molar refractivity (Wildman–Crippen MR) is 79.0 cm³/mol. The summed E-state index contributed by atoms with van der Waals surface area (Å²) in [6.45, 7) is 7.06. The highest BCUT2D eigenvalue weighted by Crippen LogP contribution is 2.19. The number of fused-ring (bicyclic) bond motifs is 1. The van der Waals surface area contributed by atoms with E-state index in [2.05, 4.69) is 11.8 Å². The topological polar surface area (TPSA) is 48.8 Å². The molecular formula is C15H22N4O2. The van der Waals surface area contributed by atoms with Crippen molar-refractivity contribution in [2.24, 2.45) is 0 Å². The zero-order chi connectivity index (χ0) is 15.0. The molecule has 0 aromatic carbocycles. The number of piperazine rings is 1. The van der Waals surface area contributed by atoms with Crippen LogP contribution in [0.25, 0.3) is 0 Å². The number of carbonyl (C=O) groups excluding carboxylic acids is 2. The van der Waals surface area contributed by atoms with Crippen molar-refractivity contribution in [3.05, 3.63) is 24.0 Å². The van der Waals surface area contributed by atoms with Gasteiger partial charge >= 0.3 is 0 Å². The fourth-order valence-corrected chi connectivity index (χ4v) is 3.14. The van der Waals surface area contributed by atoms with Crippen molar-refractivity contribution in [2.75, 3.05) is 39.8 Å². The summed E-state index contributed by atoms with van der Waals surface area (Å²) in [6.07, 6.45) is 1.87. The highest BCUT2D eigenvalue weighted by molar-refractivity contribution is 5.97. The van der Waals surface area contributed by atoms with Gasteiger partial charge in [-0.3, -0.25) is 9.59 Å². The summed E-state index contributed by atoms with van der Waals surface area (Å²) in [5.74, 6) is -0.00209. The molecule has 6 heteroatoms. The van der Waals surface area contributed by atoms with Gasteiger partial charge in [0.15, 0.2) is 0 Å². The lowest BCUT2D eigenvalue weighted by molar-refractivity contribution is -0.138. The summed E-state index contributed by atoms with van der Waals surface area (Å²) in [5, 5.41) is 0. The van der Waals surface area contributed by atoms with Crippen molar-refractivity contribution < 1.29 is 9.59 Å². The third kappa shape index (κ3) is 2.44. The van der Waals surface area contributed by atoms with Crippen LogP contribution in [0.4, 0.5) is 0 Å². The van der Waals surface area contributed by atoms with Crippen molar-refractivity contribution in [2.45, 2.75) is 19.5 Å². The van der Waals surface area contributed by atoms with E-state index in [1.807, 2.05) is 21.7 Å². The largest absolute Gasteiger partial charge is 0.341 e. The fourth-order valence-electron chi connectivity index (χ4n) is 3.14. The number of aromatic nitrogens is 1. The van der Waals surface area contributed by atoms with E-state index in [9.17, 15) is 9.59 Å². The number of amides is 2. The van der Waals surface area contributed by atoms with E-state index >= 15 is 0 Å². The van der Waals surface area contributed by atoms with E-state index in [0.29, 0.717) is 12.2 Å². The van der Waals surface area contributed by atoms with E-state index in [4.69, 9.17) is 0 Å². The molecule has 0 saturated carbocycles. The van der Waals surface area contributed by atoms with Gasteiger partial charge in [-0.15, -0.1) is 0 Å². The van der Waals surface area contributed by atoms with Crippen LogP contribution < -0.4 is 0 Å². The average molecular weight is 290 g/mol. The normalized spacial score (nSPS) is 23.3. The molecule has 0 spiro atoms. The van der Waals surface area contributed by atoms with Gasteiger partial charge in [-0.2, -0.15) is 0 Å². The molecule has 0 N–H and O–H groups in total. The Hall–Kier alpha value is -1.82. The Balaban J connectivity index is 1.72. The molecule has 1 atom stereocenters. The number of rotatable bonds is 2. The second kappa shape index (κ2) is 5.52. The molecule has 1 saturated heterocycles. The second-order valence-electron chi connectivity index (χ2n) is 5.74. The Morgan fingerprint density at radius 3 is 2.67 bits per heavy atom. The van der Waals surface area contributed by atoms with Crippen LogP contribution in [0.3, 0.4) is 0 Å². The molecule has 0 radical (unpaired) electrons. The van der Waals surface area contributed by atoms with Crippen LogP contribution in [-0.2, 0) is 11.3 Å². The zero-order valence-corrected chi connectivity index (χ0v) is 12.7. The van der Waals surface area contributed by atoms with Crippen LogP contribution >= 0.6 is 0 Å². The monoisotopic (exact) mass is 290 g/mol. The van der Waals surface area contributed by atoms with E-state index in [-0.39, 0.29) is 17.9 Å². The molecule has 1 unspecified atom stereocenters. The minimum absolute atomic E-state index is 0.0703. The van der Waals surface area contributed by atoms with Crippen molar-refractivity contribution in [3.63, 3.8) is 0 Å². The minimum Gasteiger partial charge on any atom is -0.341 e. The highest BCUT2D eigenvalue weighted by atomic mass is 16.2. The van der Waals surface area contributed by atoms with Crippen LogP contribution in [0, 0.1) is 0 Å². The van der Waals surface area contributed by atoms with E-state index < -0.39 is 0 Å². The summed E-state index contributed by atoms with van der Waals surface area (Å²) in [7, 11) is 1.73. The Morgan fingerprint density at radius 1 is 1.29 bits per heavy atom. The van der Waals surface area contributed by atoms with E-state index in [0.717, 1.165) is 32.7 Å². The first kappa shape index (κ1) is 14.1. The number of hydrogen-bond acceptors (Lipinski definition) is 3. The third-order valence-corrected chi connectivity index (χ3v) is 4.62. The first-order chi connectivity index (χ1) is 10.1. The Kier molecular flexibility index (Phi) is 3.71. The van der Waals surface area contributed by atoms with E-state index in [1.165, 1.54) is 0 Å². The van der Waals surface area contributed by atoms with Crippen molar-refractivity contribution in [1.29, 1.82) is 0 Å². The molecule has 1 aromatic heterocycles. The number of nitrogens with zero attached hydrogens (tertiary/aromatic N) is 4. The van der Waals surface area contributed by atoms with Crippen LogP contribution in [0.1, 0.15) is 17.4 Å². The molecule has 6 nitrogen and oxygen atoms in total. The number of hydrogen-bond donors (Lipinski definition) is 0. The van der Waals surface area contributed by atoms with E-state index in [1.54, 1.807) is 18.0 Å². The zero-order valence-electron chi connectivity index (χ0n) is 12.7. The Bertz CT molecular complexity index is 546. The molecule has 2 aliphatic rings. The lowest BCUT2D eigenvalue weighted by Crippen LogP contribution is -2.58. The van der Waals surface area contributed by atoms with Crippen LogP contribution in [0.5, 0.6) is 0 Å². The molecule has 1 aromatic rings. The molecule has 2 aliphatic heterocycles. The fraction of sp³-hybridized carbons (Fsp3) is 0.600. The van der Waals surface area contributed by atoms with Crippen LogP contribution in [-0.4, -0.2) is 76.9 Å².